The number of aliphatic hydroxyl groups is 1. The fraction of sp³-hybridized carbons (Fsp3) is 0.740. The summed E-state index contributed by atoms with van der Waals surface area (Å²) in [6.45, 7) is 4.70. The predicted molar refractivity (Wildman–Crippen MR) is 359 cm³/mol. The first kappa shape index (κ1) is 79.2. The lowest BCUT2D eigenvalue weighted by molar-refractivity contribution is -0.870. The summed E-state index contributed by atoms with van der Waals surface area (Å²) in [5.41, 5.74) is 0. The van der Waals surface area contributed by atoms with E-state index in [1.807, 2.05) is 27.2 Å². The van der Waals surface area contributed by atoms with Gasteiger partial charge in [0.25, 0.3) is 0 Å². The second kappa shape index (κ2) is 62.7. The normalized spacial score (nSPS) is 14.4. The van der Waals surface area contributed by atoms with E-state index in [-0.39, 0.29) is 19.1 Å². The highest BCUT2D eigenvalue weighted by atomic mass is 31.2. The van der Waals surface area contributed by atoms with Gasteiger partial charge in [0.1, 0.15) is 13.2 Å². The molecular weight excluding hydrogens is 1030 g/mol. The van der Waals surface area contributed by atoms with Crippen molar-refractivity contribution in [1.82, 2.24) is 5.32 Å². The Morgan fingerprint density at radius 3 is 1.12 bits per heavy atom. The molecular formula is C73H132N2O6P+. The monoisotopic (exact) mass is 1160 g/mol. The number of rotatable bonds is 62. The molecule has 0 rings (SSSR count). The van der Waals surface area contributed by atoms with Gasteiger partial charge in [-0.25, -0.2) is 4.57 Å². The van der Waals surface area contributed by atoms with Crippen molar-refractivity contribution in [1.29, 1.82) is 0 Å². The first-order valence-electron chi connectivity index (χ1n) is 34.3. The van der Waals surface area contributed by atoms with E-state index in [9.17, 15) is 19.4 Å². The zero-order chi connectivity index (χ0) is 59.8. The first-order valence-corrected chi connectivity index (χ1v) is 35.8. The van der Waals surface area contributed by atoms with Crippen molar-refractivity contribution < 1.29 is 32.9 Å². The summed E-state index contributed by atoms with van der Waals surface area (Å²) < 4.78 is 23.8. The molecule has 0 saturated heterocycles. The number of carbonyl (C=O) groups excluding carboxylic acids is 1. The number of aliphatic hydroxyl groups excluding tert-OH is 1. The smallest absolute Gasteiger partial charge is 0.387 e. The number of allylic oxidation sites excluding steroid dienone is 17. The van der Waals surface area contributed by atoms with E-state index in [4.69, 9.17) is 9.05 Å². The quantitative estimate of drug-likeness (QED) is 0.0243. The van der Waals surface area contributed by atoms with Crippen molar-refractivity contribution >= 4 is 13.7 Å². The van der Waals surface area contributed by atoms with E-state index < -0.39 is 20.0 Å². The molecule has 0 aromatic rings. The third kappa shape index (κ3) is 64.7. The van der Waals surface area contributed by atoms with Crippen LogP contribution in [0.25, 0.3) is 0 Å². The number of amides is 1. The molecule has 0 radical (unpaired) electrons. The second-order valence-electron chi connectivity index (χ2n) is 24.2. The van der Waals surface area contributed by atoms with E-state index in [2.05, 4.69) is 116 Å². The van der Waals surface area contributed by atoms with Crippen LogP contribution in [0.2, 0.25) is 0 Å². The largest absolute Gasteiger partial charge is 0.472 e. The van der Waals surface area contributed by atoms with Crippen molar-refractivity contribution in [3.63, 3.8) is 0 Å². The number of likely N-dealkylation sites (N-methyl/N-ethyl adjacent to an activating group) is 1. The van der Waals surface area contributed by atoms with Crippen LogP contribution < -0.4 is 5.32 Å². The van der Waals surface area contributed by atoms with Crippen LogP contribution in [0.3, 0.4) is 0 Å². The van der Waals surface area contributed by atoms with Crippen molar-refractivity contribution in [2.24, 2.45) is 0 Å². The Morgan fingerprint density at radius 2 is 0.744 bits per heavy atom. The van der Waals surface area contributed by atoms with Gasteiger partial charge in [0.15, 0.2) is 0 Å². The average molecular weight is 1160 g/mol. The third-order valence-electron chi connectivity index (χ3n) is 15.0. The molecule has 0 aliphatic heterocycles. The summed E-state index contributed by atoms with van der Waals surface area (Å²) in [5.74, 6) is -0.195. The number of carbonyl (C=O) groups is 1. The van der Waals surface area contributed by atoms with Gasteiger partial charge in [0, 0.05) is 6.42 Å². The molecule has 0 heterocycles. The summed E-state index contributed by atoms with van der Waals surface area (Å²) in [6.07, 6.45) is 92.3. The number of hydrogen-bond acceptors (Lipinski definition) is 5. The molecule has 82 heavy (non-hydrogen) atoms. The lowest BCUT2D eigenvalue weighted by Crippen LogP contribution is -2.45. The Balaban J connectivity index is 4.18. The lowest BCUT2D eigenvalue weighted by Gasteiger charge is -2.25. The lowest BCUT2D eigenvalue weighted by atomic mass is 10.0. The van der Waals surface area contributed by atoms with Gasteiger partial charge in [-0.15, -0.1) is 0 Å². The maximum absolute atomic E-state index is 13.0. The number of phosphoric acid groups is 1. The molecule has 9 heteroatoms. The molecule has 3 unspecified atom stereocenters. The molecule has 3 N–H and O–H groups in total. The second-order valence-corrected chi connectivity index (χ2v) is 25.6. The van der Waals surface area contributed by atoms with Gasteiger partial charge in [-0.1, -0.05) is 309 Å². The van der Waals surface area contributed by atoms with Crippen LogP contribution in [0.4, 0.5) is 0 Å². The Hall–Kier alpha value is -2.84. The maximum Gasteiger partial charge on any atom is 0.472 e. The number of nitrogens with one attached hydrogen (secondary N) is 1. The first-order chi connectivity index (χ1) is 40.0. The Morgan fingerprint density at radius 1 is 0.427 bits per heavy atom. The van der Waals surface area contributed by atoms with E-state index in [0.717, 1.165) is 89.9 Å². The van der Waals surface area contributed by atoms with E-state index in [1.165, 1.54) is 186 Å². The van der Waals surface area contributed by atoms with Gasteiger partial charge in [-0.05, 0) is 89.9 Å². The minimum Gasteiger partial charge on any atom is -0.387 e. The highest BCUT2D eigenvalue weighted by Gasteiger charge is 2.28. The fourth-order valence-corrected chi connectivity index (χ4v) is 10.4. The van der Waals surface area contributed by atoms with Crippen molar-refractivity contribution in [2.75, 3.05) is 40.9 Å². The standard InChI is InChI=1S/C73H131N2O6P/c1-6-8-10-12-14-16-18-20-22-24-26-28-30-32-34-36-37-39-41-43-45-47-49-51-53-55-57-59-61-63-65-67-73(77)74-71(70-81-82(78,79)80-69-68-75(3,4)5)72(76)66-64-62-60-58-56-54-52-50-48-46-44-42-40-38-35-33-31-29-27-25-23-21-19-17-15-13-11-9-7-2/h8,10,14,16,20,22,26,28,32,34,37,39,43,45,56,58,64,66,71-72,76H,6-7,9,11-13,15,17-19,21,23-25,27,29-31,33,35-36,38,40-42,44,46-55,57,59-63,65,67-70H2,1-5H3,(H-,74,77,78,79)/p+1/b10-8-,16-14-,22-20-,28-26-,34-32-,39-37-,45-43-,58-56+,66-64+. The van der Waals surface area contributed by atoms with Gasteiger partial charge in [0.2, 0.25) is 5.91 Å². The summed E-state index contributed by atoms with van der Waals surface area (Å²) >= 11 is 0. The molecule has 0 aromatic heterocycles. The van der Waals surface area contributed by atoms with E-state index in [0.29, 0.717) is 17.4 Å². The molecule has 0 aromatic carbocycles. The average Bonchev–Trinajstić information content (AvgIpc) is 3.47. The minimum atomic E-state index is -4.37. The zero-order valence-electron chi connectivity index (χ0n) is 54.2. The van der Waals surface area contributed by atoms with Crippen LogP contribution >= 0.6 is 7.82 Å². The fourth-order valence-electron chi connectivity index (χ4n) is 9.69. The number of phosphoric ester groups is 1. The summed E-state index contributed by atoms with van der Waals surface area (Å²) in [4.78, 5) is 23.4. The molecule has 0 saturated carbocycles. The molecule has 8 nitrogen and oxygen atoms in total. The molecule has 0 aliphatic carbocycles. The predicted octanol–water partition coefficient (Wildman–Crippen LogP) is 21.9. The minimum absolute atomic E-state index is 0.0500. The van der Waals surface area contributed by atoms with Crippen LogP contribution in [0, 0.1) is 0 Å². The third-order valence-corrected chi connectivity index (χ3v) is 16.0. The number of unbranched alkanes of at least 4 members (excludes halogenated alkanes) is 33. The van der Waals surface area contributed by atoms with Crippen LogP contribution in [0.15, 0.2) is 109 Å². The Kier molecular flexibility index (Phi) is 60.5. The van der Waals surface area contributed by atoms with Crippen LogP contribution in [0.5, 0.6) is 0 Å². The molecule has 474 valence electrons. The molecule has 0 fully saturated rings. The maximum atomic E-state index is 13.0. The topological polar surface area (TPSA) is 105 Å². The highest BCUT2D eigenvalue weighted by Crippen LogP contribution is 2.43. The van der Waals surface area contributed by atoms with Gasteiger partial charge in [-0.2, -0.15) is 0 Å². The number of quaternary nitrogens is 1. The van der Waals surface area contributed by atoms with Crippen molar-refractivity contribution in [3.8, 4) is 0 Å². The van der Waals surface area contributed by atoms with Crippen LogP contribution in [-0.2, 0) is 18.4 Å². The number of hydrogen-bond donors (Lipinski definition) is 3. The summed E-state index contributed by atoms with van der Waals surface area (Å²) in [7, 11) is 1.54. The molecule has 0 aliphatic rings. The molecule has 0 spiro atoms. The summed E-state index contributed by atoms with van der Waals surface area (Å²) in [6, 6.07) is -0.876. The Bertz CT molecular complexity index is 1700. The molecule has 1 amide bonds. The molecule has 0 bridgehead atoms. The van der Waals surface area contributed by atoms with Crippen LogP contribution in [-0.4, -0.2) is 73.4 Å². The summed E-state index contributed by atoms with van der Waals surface area (Å²) in [5, 5.41) is 14.0. The SMILES string of the molecule is CC/C=C\C/C=C\C/C=C\C/C=C\C/C=C\C/C=C\C/C=C\CCCCCCCCCCCC(=O)NC(COP(=O)(O)OCC[N+](C)(C)C)C(O)/C=C/CC/C=C/CCCCCCCCCCCCCCCCCCCCCCCCC. The highest BCUT2D eigenvalue weighted by molar-refractivity contribution is 7.47. The van der Waals surface area contributed by atoms with Gasteiger partial charge in [-0.3, -0.25) is 13.8 Å². The van der Waals surface area contributed by atoms with E-state index >= 15 is 0 Å². The van der Waals surface area contributed by atoms with Crippen molar-refractivity contribution in [3.05, 3.63) is 109 Å². The van der Waals surface area contributed by atoms with Gasteiger partial charge >= 0.3 is 7.82 Å². The van der Waals surface area contributed by atoms with E-state index in [1.54, 1.807) is 6.08 Å². The van der Waals surface area contributed by atoms with Crippen LogP contribution in [0.1, 0.15) is 296 Å². The van der Waals surface area contributed by atoms with Crippen molar-refractivity contribution in [2.45, 2.75) is 309 Å². The number of nitrogens with zero attached hydrogens (tertiary/aromatic N) is 1. The van der Waals surface area contributed by atoms with Gasteiger partial charge in [0.05, 0.1) is 39.9 Å². The molecule has 3 atom stereocenters. The zero-order valence-corrected chi connectivity index (χ0v) is 55.1. The Labute approximate surface area is 508 Å². The van der Waals surface area contributed by atoms with Gasteiger partial charge < -0.3 is 19.8 Å².